The Kier molecular flexibility index (Phi) is 4.45. The molecule has 0 heterocycles. The summed E-state index contributed by atoms with van der Waals surface area (Å²) >= 11 is 0. The lowest BCUT2D eigenvalue weighted by Gasteiger charge is -2.27. The summed E-state index contributed by atoms with van der Waals surface area (Å²) in [7, 11) is 1.71. The maximum absolute atomic E-state index is 5.29. The summed E-state index contributed by atoms with van der Waals surface area (Å²) in [5.41, 5.74) is 1.37. The Labute approximate surface area is 127 Å². The summed E-state index contributed by atoms with van der Waals surface area (Å²) in [5, 5.41) is 6.32. The molecule has 1 N–H and O–H groups in total. The molecule has 1 saturated carbocycles. The van der Waals surface area contributed by atoms with Gasteiger partial charge >= 0.3 is 0 Å². The van der Waals surface area contributed by atoms with Crippen LogP contribution >= 0.6 is 0 Å². The summed E-state index contributed by atoms with van der Waals surface area (Å²) in [6.07, 6.45) is 6.82. The molecule has 112 valence electrons. The van der Waals surface area contributed by atoms with Crippen LogP contribution in [0, 0.1) is 0 Å². The van der Waals surface area contributed by atoms with Gasteiger partial charge in [-0.05, 0) is 54.3 Å². The Morgan fingerprint density at radius 2 is 1.71 bits per heavy atom. The average molecular weight is 283 g/mol. The van der Waals surface area contributed by atoms with Gasteiger partial charge in [0, 0.05) is 12.1 Å². The van der Waals surface area contributed by atoms with Crippen LogP contribution in [-0.2, 0) is 0 Å². The van der Waals surface area contributed by atoms with Crippen LogP contribution in [0.2, 0.25) is 0 Å². The van der Waals surface area contributed by atoms with Crippen molar-refractivity contribution in [1.82, 2.24) is 5.32 Å². The minimum Gasteiger partial charge on any atom is -0.497 e. The van der Waals surface area contributed by atoms with Gasteiger partial charge in [-0.2, -0.15) is 0 Å². The van der Waals surface area contributed by atoms with E-state index in [9.17, 15) is 0 Å². The van der Waals surface area contributed by atoms with Gasteiger partial charge in [0.05, 0.1) is 7.11 Å². The molecule has 0 spiro atoms. The number of methoxy groups -OCH3 is 1. The number of hydrogen-bond acceptors (Lipinski definition) is 2. The number of rotatable bonds is 4. The molecule has 0 radical (unpaired) electrons. The van der Waals surface area contributed by atoms with Gasteiger partial charge in [-0.25, -0.2) is 0 Å². The molecule has 2 aromatic rings. The first-order valence-electron chi connectivity index (χ1n) is 8.10. The molecule has 2 heteroatoms. The Balaban J connectivity index is 1.76. The topological polar surface area (TPSA) is 21.3 Å². The molecule has 21 heavy (non-hydrogen) atoms. The Hall–Kier alpha value is -1.54. The minimum atomic E-state index is 0.416. The van der Waals surface area contributed by atoms with Crippen molar-refractivity contribution in [3.05, 3.63) is 42.0 Å². The van der Waals surface area contributed by atoms with E-state index in [0.717, 1.165) is 5.75 Å². The highest BCUT2D eigenvalue weighted by atomic mass is 16.5. The van der Waals surface area contributed by atoms with Crippen LogP contribution in [0.1, 0.15) is 50.6 Å². The second kappa shape index (κ2) is 6.48. The van der Waals surface area contributed by atoms with E-state index >= 15 is 0 Å². The van der Waals surface area contributed by atoms with Gasteiger partial charge in [0.15, 0.2) is 0 Å². The number of benzene rings is 2. The predicted octanol–water partition coefficient (Wildman–Crippen LogP) is 4.83. The number of fused-ring (bicyclic) bond motifs is 1. The molecule has 0 aromatic heterocycles. The highest BCUT2D eigenvalue weighted by Crippen LogP contribution is 2.26. The highest BCUT2D eigenvalue weighted by Gasteiger charge is 2.16. The zero-order valence-corrected chi connectivity index (χ0v) is 13.1. The van der Waals surface area contributed by atoms with Gasteiger partial charge in [0.25, 0.3) is 0 Å². The van der Waals surface area contributed by atoms with Gasteiger partial charge in [-0.1, -0.05) is 37.5 Å². The minimum absolute atomic E-state index is 0.416. The van der Waals surface area contributed by atoms with Crippen LogP contribution in [0.3, 0.4) is 0 Å². The standard InChI is InChI=1S/C19H25NO/c1-14(20-18-6-4-3-5-7-18)15-8-9-17-13-19(21-2)11-10-16(17)12-15/h8-14,18,20H,3-7H2,1-2H3. The molecule has 2 nitrogen and oxygen atoms in total. The van der Waals surface area contributed by atoms with E-state index in [2.05, 4.69) is 42.6 Å². The first-order chi connectivity index (χ1) is 10.3. The van der Waals surface area contributed by atoms with Crippen LogP contribution in [0.4, 0.5) is 0 Å². The number of hydrogen-bond donors (Lipinski definition) is 1. The molecule has 1 fully saturated rings. The van der Waals surface area contributed by atoms with E-state index < -0.39 is 0 Å². The van der Waals surface area contributed by atoms with Crippen LogP contribution in [-0.4, -0.2) is 13.2 Å². The molecule has 0 amide bonds. The molecule has 1 aliphatic carbocycles. The summed E-state index contributed by atoms with van der Waals surface area (Å²) in [5.74, 6) is 0.920. The fourth-order valence-electron chi connectivity index (χ4n) is 3.36. The lowest BCUT2D eigenvalue weighted by Crippen LogP contribution is -2.33. The summed E-state index contributed by atoms with van der Waals surface area (Å²) in [4.78, 5) is 0. The van der Waals surface area contributed by atoms with Crippen molar-refractivity contribution >= 4 is 10.8 Å². The first-order valence-corrected chi connectivity index (χ1v) is 8.10. The van der Waals surface area contributed by atoms with E-state index in [-0.39, 0.29) is 0 Å². The van der Waals surface area contributed by atoms with Gasteiger partial charge in [0.2, 0.25) is 0 Å². The lowest BCUT2D eigenvalue weighted by atomic mass is 9.94. The largest absolute Gasteiger partial charge is 0.497 e. The van der Waals surface area contributed by atoms with Crippen molar-refractivity contribution in [3.63, 3.8) is 0 Å². The third kappa shape index (κ3) is 3.38. The molecule has 0 saturated heterocycles. The van der Waals surface area contributed by atoms with Crippen molar-refractivity contribution in [2.24, 2.45) is 0 Å². The van der Waals surface area contributed by atoms with Crippen LogP contribution < -0.4 is 10.1 Å². The third-order valence-electron chi connectivity index (χ3n) is 4.66. The zero-order chi connectivity index (χ0) is 14.7. The van der Waals surface area contributed by atoms with Crippen molar-refractivity contribution in [2.75, 3.05) is 7.11 Å². The SMILES string of the molecule is COc1ccc2cc(C(C)NC3CCCCC3)ccc2c1. The molecule has 1 atom stereocenters. The fourth-order valence-corrected chi connectivity index (χ4v) is 3.36. The van der Waals surface area contributed by atoms with Gasteiger partial charge in [0.1, 0.15) is 5.75 Å². The van der Waals surface area contributed by atoms with Gasteiger partial charge in [-0.3, -0.25) is 0 Å². The molecule has 1 unspecified atom stereocenters. The quantitative estimate of drug-likeness (QED) is 0.867. The van der Waals surface area contributed by atoms with E-state index in [1.165, 1.54) is 48.4 Å². The lowest BCUT2D eigenvalue weighted by molar-refractivity contribution is 0.347. The van der Waals surface area contributed by atoms with Crippen molar-refractivity contribution in [2.45, 2.75) is 51.1 Å². The molecular formula is C19H25NO. The first kappa shape index (κ1) is 14.4. The maximum atomic E-state index is 5.29. The van der Waals surface area contributed by atoms with Crippen molar-refractivity contribution in [1.29, 1.82) is 0 Å². The van der Waals surface area contributed by atoms with E-state index in [4.69, 9.17) is 4.74 Å². The molecular weight excluding hydrogens is 258 g/mol. The number of ether oxygens (including phenoxy) is 1. The second-order valence-electron chi connectivity index (χ2n) is 6.20. The van der Waals surface area contributed by atoms with Gasteiger partial charge in [-0.15, -0.1) is 0 Å². The average Bonchev–Trinajstić information content (AvgIpc) is 2.54. The van der Waals surface area contributed by atoms with Crippen LogP contribution in [0.15, 0.2) is 36.4 Å². The smallest absolute Gasteiger partial charge is 0.119 e. The number of nitrogens with one attached hydrogen (secondary N) is 1. The zero-order valence-electron chi connectivity index (χ0n) is 13.1. The third-order valence-corrected chi connectivity index (χ3v) is 4.66. The summed E-state index contributed by atoms with van der Waals surface area (Å²) in [6.45, 7) is 2.28. The maximum Gasteiger partial charge on any atom is 0.119 e. The Bertz CT molecular complexity index is 602. The van der Waals surface area contributed by atoms with E-state index in [1.54, 1.807) is 7.11 Å². The predicted molar refractivity (Wildman–Crippen MR) is 88.9 cm³/mol. The van der Waals surface area contributed by atoms with E-state index in [1.807, 2.05) is 6.07 Å². The normalized spacial score (nSPS) is 17.8. The van der Waals surface area contributed by atoms with Crippen molar-refractivity contribution in [3.8, 4) is 5.75 Å². The molecule has 0 aliphatic heterocycles. The summed E-state index contributed by atoms with van der Waals surface area (Å²) in [6, 6.07) is 14.1. The molecule has 0 bridgehead atoms. The Morgan fingerprint density at radius 3 is 2.48 bits per heavy atom. The highest BCUT2D eigenvalue weighted by molar-refractivity contribution is 5.84. The molecule has 2 aromatic carbocycles. The van der Waals surface area contributed by atoms with Gasteiger partial charge < -0.3 is 10.1 Å². The van der Waals surface area contributed by atoms with Crippen LogP contribution in [0.5, 0.6) is 5.75 Å². The van der Waals surface area contributed by atoms with Crippen molar-refractivity contribution < 1.29 is 4.74 Å². The summed E-state index contributed by atoms with van der Waals surface area (Å²) < 4.78 is 5.29. The van der Waals surface area contributed by atoms with E-state index in [0.29, 0.717) is 12.1 Å². The molecule has 1 aliphatic rings. The second-order valence-corrected chi connectivity index (χ2v) is 6.20. The molecule has 3 rings (SSSR count). The fraction of sp³-hybridized carbons (Fsp3) is 0.474. The monoisotopic (exact) mass is 283 g/mol. The van der Waals surface area contributed by atoms with Crippen LogP contribution in [0.25, 0.3) is 10.8 Å². The Morgan fingerprint density at radius 1 is 1.00 bits per heavy atom.